The van der Waals surface area contributed by atoms with E-state index in [2.05, 4.69) is 63.0 Å². The SMILES string of the molecule is CC(C)C1NNC(C(=O)NC2CCN(Cc3ccc(Cl)cc3)CC2)C1Br. The van der Waals surface area contributed by atoms with Gasteiger partial charge < -0.3 is 5.32 Å². The van der Waals surface area contributed by atoms with Crippen molar-refractivity contribution in [1.29, 1.82) is 0 Å². The van der Waals surface area contributed by atoms with Crippen LogP contribution < -0.4 is 16.2 Å². The Morgan fingerprint density at radius 3 is 2.50 bits per heavy atom. The normalized spacial score (nSPS) is 27.8. The van der Waals surface area contributed by atoms with Crippen molar-refractivity contribution in [3.63, 3.8) is 0 Å². The molecule has 0 bridgehead atoms. The number of benzene rings is 1. The number of rotatable bonds is 5. The van der Waals surface area contributed by atoms with Crippen molar-refractivity contribution in [2.45, 2.75) is 56.2 Å². The van der Waals surface area contributed by atoms with Crippen molar-refractivity contribution in [1.82, 2.24) is 21.1 Å². The summed E-state index contributed by atoms with van der Waals surface area (Å²) in [4.78, 5) is 15.2. The minimum Gasteiger partial charge on any atom is -0.352 e. The second kappa shape index (κ2) is 9.02. The van der Waals surface area contributed by atoms with E-state index in [9.17, 15) is 4.79 Å². The van der Waals surface area contributed by atoms with E-state index in [0.717, 1.165) is 37.5 Å². The van der Waals surface area contributed by atoms with Gasteiger partial charge in [0.05, 0.1) is 4.83 Å². The Hall–Kier alpha value is -0.660. The second-order valence-electron chi connectivity index (χ2n) is 7.67. The number of halogens is 2. The summed E-state index contributed by atoms with van der Waals surface area (Å²) in [5.74, 6) is 0.541. The summed E-state index contributed by atoms with van der Waals surface area (Å²) in [7, 11) is 0. The molecule has 144 valence electrons. The molecule has 0 spiro atoms. The van der Waals surface area contributed by atoms with Crippen LogP contribution in [0.2, 0.25) is 5.02 Å². The molecular weight excluding hydrogens is 416 g/mol. The molecule has 0 radical (unpaired) electrons. The maximum absolute atomic E-state index is 12.6. The molecule has 3 N–H and O–H groups in total. The monoisotopic (exact) mass is 442 g/mol. The Morgan fingerprint density at radius 2 is 1.92 bits per heavy atom. The van der Waals surface area contributed by atoms with Crippen molar-refractivity contribution in [2.75, 3.05) is 13.1 Å². The Bertz CT molecular complexity index is 604. The molecule has 2 heterocycles. The first-order valence-electron chi connectivity index (χ1n) is 9.36. The van der Waals surface area contributed by atoms with E-state index in [1.165, 1.54) is 5.56 Å². The molecule has 2 saturated heterocycles. The number of hydrazine groups is 1. The lowest BCUT2D eigenvalue weighted by Gasteiger charge is -2.33. The Labute approximate surface area is 169 Å². The summed E-state index contributed by atoms with van der Waals surface area (Å²) in [5.41, 5.74) is 7.66. The van der Waals surface area contributed by atoms with Gasteiger partial charge in [0.15, 0.2) is 0 Å². The van der Waals surface area contributed by atoms with Gasteiger partial charge in [-0.05, 0) is 36.5 Å². The second-order valence-corrected chi connectivity index (χ2v) is 9.16. The zero-order chi connectivity index (χ0) is 18.7. The molecule has 2 aliphatic rings. The molecule has 0 saturated carbocycles. The lowest BCUT2D eigenvalue weighted by atomic mass is 9.98. The van der Waals surface area contributed by atoms with Gasteiger partial charge in [-0.3, -0.25) is 15.1 Å². The van der Waals surface area contributed by atoms with Gasteiger partial charge in [-0.2, -0.15) is 0 Å². The number of piperidine rings is 1. The molecule has 3 atom stereocenters. The predicted molar refractivity (Wildman–Crippen MR) is 109 cm³/mol. The number of carbonyl (C=O) groups is 1. The molecule has 0 aliphatic carbocycles. The molecule has 3 unspecified atom stereocenters. The van der Waals surface area contributed by atoms with E-state index in [1.807, 2.05) is 12.1 Å². The highest BCUT2D eigenvalue weighted by Crippen LogP contribution is 2.22. The standard InChI is InChI=1S/C19H28BrClN4O/c1-12(2)17-16(20)18(24-23-17)19(26)22-15-7-9-25(10-8-15)11-13-3-5-14(21)6-4-13/h3-6,12,15-18,23-24H,7-11H2,1-2H3,(H,22,26). The maximum Gasteiger partial charge on any atom is 0.239 e. The molecule has 3 rings (SSSR count). The number of amides is 1. The molecule has 1 aromatic carbocycles. The summed E-state index contributed by atoms with van der Waals surface area (Å²) in [6, 6.07) is 8.32. The third-order valence-electron chi connectivity index (χ3n) is 5.32. The van der Waals surface area contributed by atoms with Crippen molar-refractivity contribution < 1.29 is 4.79 Å². The minimum atomic E-state index is -0.227. The van der Waals surface area contributed by atoms with Gasteiger partial charge in [-0.15, -0.1) is 0 Å². The van der Waals surface area contributed by atoms with Gasteiger partial charge in [0.25, 0.3) is 0 Å². The van der Waals surface area contributed by atoms with Crippen LogP contribution in [-0.2, 0) is 11.3 Å². The Morgan fingerprint density at radius 1 is 1.27 bits per heavy atom. The van der Waals surface area contributed by atoms with Crippen LogP contribution in [0.1, 0.15) is 32.3 Å². The van der Waals surface area contributed by atoms with E-state index in [1.54, 1.807) is 0 Å². The number of nitrogens with one attached hydrogen (secondary N) is 3. The van der Waals surface area contributed by atoms with Gasteiger partial charge in [0.1, 0.15) is 6.04 Å². The first kappa shape index (κ1) is 20.1. The van der Waals surface area contributed by atoms with Crippen LogP contribution >= 0.6 is 27.5 Å². The van der Waals surface area contributed by atoms with Crippen LogP contribution in [0.15, 0.2) is 24.3 Å². The highest BCUT2D eigenvalue weighted by atomic mass is 79.9. The van der Waals surface area contributed by atoms with Crippen LogP contribution in [0.3, 0.4) is 0 Å². The zero-order valence-corrected chi connectivity index (χ0v) is 17.7. The third-order valence-corrected chi connectivity index (χ3v) is 6.67. The quantitative estimate of drug-likeness (QED) is 0.613. The Balaban J connectivity index is 1.44. The fourth-order valence-corrected chi connectivity index (χ4v) is 4.91. The van der Waals surface area contributed by atoms with E-state index in [0.29, 0.717) is 5.92 Å². The van der Waals surface area contributed by atoms with Crippen LogP contribution in [-0.4, -0.2) is 46.8 Å². The average Bonchev–Trinajstić information content (AvgIpc) is 3.00. The van der Waals surface area contributed by atoms with Crippen molar-refractivity contribution >= 4 is 33.4 Å². The smallest absolute Gasteiger partial charge is 0.239 e. The van der Waals surface area contributed by atoms with E-state index in [4.69, 9.17) is 11.6 Å². The number of alkyl halides is 1. The van der Waals surface area contributed by atoms with E-state index in [-0.39, 0.29) is 28.9 Å². The van der Waals surface area contributed by atoms with Gasteiger partial charge in [-0.25, -0.2) is 5.43 Å². The number of carbonyl (C=O) groups excluding carboxylic acids is 1. The van der Waals surface area contributed by atoms with E-state index < -0.39 is 0 Å². The first-order chi connectivity index (χ1) is 12.4. The van der Waals surface area contributed by atoms with Crippen LogP contribution in [0.4, 0.5) is 0 Å². The third kappa shape index (κ3) is 4.98. The molecule has 0 aromatic heterocycles. The zero-order valence-electron chi connectivity index (χ0n) is 15.3. The van der Waals surface area contributed by atoms with E-state index >= 15 is 0 Å². The van der Waals surface area contributed by atoms with Gasteiger partial charge in [0.2, 0.25) is 5.91 Å². The molecule has 2 aliphatic heterocycles. The van der Waals surface area contributed by atoms with Crippen molar-refractivity contribution in [3.8, 4) is 0 Å². The van der Waals surface area contributed by atoms with Crippen LogP contribution in [0.5, 0.6) is 0 Å². The summed E-state index contributed by atoms with van der Waals surface area (Å²) in [5, 5.41) is 4.00. The van der Waals surface area contributed by atoms with Crippen molar-refractivity contribution in [2.24, 2.45) is 5.92 Å². The molecular formula is C19H28BrClN4O. The molecule has 5 nitrogen and oxygen atoms in total. The fraction of sp³-hybridized carbons (Fsp3) is 0.632. The molecule has 7 heteroatoms. The maximum atomic E-state index is 12.6. The van der Waals surface area contributed by atoms with Crippen LogP contribution in [0, 0.1) is 5.92 Å². The van der Waals surface area contributed by atoms with Gasteiger partial charge in [-0.1, -0.05) is 53.5 Å². The predicted octanol–water partition coefficient (Wildman–Crippen LogP) is 2.69. The number of hydrogen-bond donors (Lipinski definition) is 3. The lowest BCUT2D eigenvalue weighted by molar-refractivity contribution is -0.123. The van der Waals surface area contributed by atoms with Gasteiger partial charge >= 0.3 is 0 Å². The first-order valence-corrected chi connectivity index (χ1v) is 10.7. The van der Waals surface area contributed by atoms with Gasteiger partial charge in [0, 0.05) is 36.7 Å². The number of likely N-dealkylation sites (tertiary alicyclic amines) is 1. The molecule has 26 heavy (non-hydrogen) atoms. The average molecular weight is 444 g/mol. The lowest BCUT2D eigenvalue weighted by Crippen LogP contribution is -2.52. The highest BCUT2D eigenvalue weighted by molar-refractivity contribution is 9.09. The Kier molecular flexibility index (Phi) is 6.97. The number of hydrogen-bond acceptors (Lipinski definition) is 4. The largest absolute Gasteiger partial charge is 0.352 e. The topological polar surface area (TPSA) is 56.4 Å². The summed E-state index contributed by atoms with van der Waals surface area (Å²) >= 11 is 9.63. The highest BCUT2D eigenvalue weighted by Gasteiger charge is 2.40. The van der Waals surface area contributed by atoms with Crippen molar-refractivity contribution in [3.05, 3.63) is 34.9 Å². The molecule has 1 amide bonds. The summed E-state index contributed by atoms with van der Waals surface area (Å²) in [6.07, 6.45) is 1.97. The summed E-state index contributed by atoms with van der Waals surface area (Å²) < 4.78 is 0. The van der Waals surface area contributed by atoms with Crippen LogP contribution in [0.25, 0.3) is 0 Å². The molecule has 1 aromatic rings. The number of nitrogens with zero attached hydrogens (tertiary/aromatic N) is 1. The minimum absolute atomic E-state index is 0.0821. The summed E-state index contributed by atoms with van der Waals surface area (Å²) in [6.45, 7) is 7.24. The molecule has 2 fully saturated rings. The fourth-order valence-electron chi connectivity index (χ4n) is 3.67.